The fraction of sp³-hybridized carbons (Fsp3) is 0.941. The van der Waals surface area contributed by atoms with Crippen LogP contribution in [0.4, 0.5) is 0 Å². The van der Waals surface area contributed by atoms with Crippen molar-refractivity contribution in [2.45, 2.75) is 75.5 Å². The van der Waals surface area contributed by atoms with E-state index >= 15 is 0 Å². The van der Waals surface area contributed by atoms with Crippen LogP contribution in [0.15, 0.2) is 0 Å². The Morgan fingerprint density at radius 1 is 1.24 bits per heavy atom. The van der Waals surface area contributed by atoms with Crippen molar-refractivity contribution in [3.63, 3.8) is 0 Å². The summed E-state index contributed by atoms with van der Waals surface area (Å²) in [5.74, 6) is 0. The van der Waals surface area contributed by atoms with Gasteiger partial charge in [-0.3, -0.25) is 5.32 Å². The molecule has 0 amide bonds. The first-order chi connectivity index (χ1) is 9.82. The van der Waals surface area contributed by atoms with E-state index in [0.29, 0.717) is 17.6 Å². The molecule has 0 heterocycles. The van der Waals surface area contributed by atoms with Crippen LogP contribution in [0.5, 0.6) is 0 Å². The van der Waals surface area contributed by atoms with Gasteiger partial charge in [0.15, 0.2) is 0 Å². The molecule has 2 rings (SSSR count). The molecule has 120 valence electrons. The Kier molecular flexibility index (Phi) is 4.97. The highest BCUT2D eigenvalue weighted by molar-refractivity contribution is 5.14. The third-order valence-corrected chi connectivity index (χ3v) is 5.67. The van der Waals surface area contributed by atoms with E-state index in [1.165, 1.54) is 19.3 Å². The summed E-state index contributed by atoms with van der Waals surface area (Å²) < 4.78 is 0. The van der Waals surface area contributed by atoms with Gasteiger partial charge in [0.05, 0.1) is 6.07 Å². The van der Waals surface area contributed by atoms with E-state index in [0.717, 1.165) is 25.8 Å². The van der Waals surface area contributed by atoms with Crippen LogP contribution in [0.2, 0.25) is 0 Å². The van der Waals surface area contributed by atoms with Gasteiger partial charge in [0.1, 0.15) is 5.54 Å². The molecule has 2 atom stereocenters. The second-order valence-corrected chi connectivity index (χ2v) is 7.78. The number of likely N-dealkylation sites (N-methyl/N-ethyl adjacent to an activating group) is 2. The van der Waals surface area contributed by atoms with E-state index in [4.69, 9.17) is 0 Å². The summed E-state index contributed by atoms with van der Waals surface area (Å²) in [7, 11) is 6.67. The molecule has 21 heavy (non-hydrogen) atoms. The van der Waals surface area contributed by atoms with E-state index in [1.807, 2.05) is 0 Å². The molecule has 2 saturated carbocycles. The van der Waals surface area contributed by atoms with E-state index in [1.54, 1.807) is 0 Å². The molecule has 2 unspecified atom stereocenters. The maximum Gasteiger partial charge on any atom is 0.108 e. The highest BCUT2D eigenvalue weighted by Gasteiger charge is 2.45. The minimum atomic E-state index is -0.308. The SMILES string of the molecule is CC(C)NC1(C#N)CCC(N(C)CC2(N(C)C)CCC2)C1. The summed E-state index contributed by atoms with van der Waals surface area (Å²) in [6, 6.07) is 3.46. The molecule has 0 radical (unpaired) electrons. The van der Waals surface area contributed by atoms with Gasteiger partial charge in [0.25, 0.3) is 0 Å². The fourth-order valence-corrected chi connectivity index (χ4v) is 4.14. The van der Waals surface area contributed by atoms with Gasteiger partial charge < -0.3 is 9.80 Å². The average Bonchev–Trinajstić information content (AvgIpc) is 2.77. The third-order valence-electron chi connectivity index (χ3n) is 5.67. The van der Waals surface area contributed by atoms with Gasteiger partial charge in [-0.1, -0.05) is 0 Å². The van der Waals surface area contributed by atoms with Gasteiger partial charge in [0.2, 0.25) is 0 Å². The van der Waals surface area contributed by atoms with E-state index in [9.17, 15) is 5.26 Å². The Morgan fingerprint density at radius 2 is 1.90 bits per heavy atom. The highest BCUT2D eigenvalue weighted by atomic mass is 15.2. The molecule has 0 aromatic carbocycles. The monoisotopic (exact) mass is 292 g/mol. The maximum absolute atomic E-state index is 9.60. The van der Waals surface area contributed by atoms with Gasteiger partial charge in [-0.15, -0.1) is 0 Å². The number of rotatable bonds is 6. The van der Waals surface area contributed by atoms with Gasteiger partial charge in [0, 0.05) is 24.2 Å². The molecule has 0 aromatic rings. The van der Waals surface area contributed by atoms with Crippen LogP contribution in [-0.2, 0) is 0 Å². The zero-order valence-corrected chi connectivity index (χ0v) is 14.4. The standard InChI is InChI=1S/C17H32N4/c1-14(2)19-16(12-18)10-7-15(11-16)21(5)13-17(20(3)4)8-6-9-17/h14-15,19H,6-11,13H2,1-5H3. The van der Waals surface area contributed by atoms with Crippen LogP contribution in [0.25, 0.3) is 0 Å². The van der Waals surface area contributed by atoms with Gasteiger partial charge in [-0.25, -0.2) is 0 Å². The van der Waals surface area contributed by atoms with Gasteiger partial charge >= 0.3 is 0 Å². The minimum Gasteiger partial charge on any atom is -0.302 e. The van der Waals surface area contributed by atoms with Gasteiger partial charge in [-0.05, 0) is 73.5 Å². The molecular formula is C17H32N4. The molecule has 0 saturated heterocycles. The summed E-state index contributed by atoms with van der Waals surface area (Å²) in [5, 5.41) is 13.1. The molecule has 1 N–H and O–H groups in total. The quantitative estimate of drug-likeness (QED) is 0.815. The molecule has 2 fully saturated rings. The van der Waals surface area contributed by atoms with Crippen molar-refractivity contribution >= 4 is 0 Å². The molecule has 0 bridgehead atoms. The summed E-state index contributed by atoms with van der Waals surface area (Å²) in [4.78, 5) is 4.92. The lowest BCUT2D eigenvalue weighted by molar-refractivity contribution is 0.0162. The minimum absolute atomic E-state index is 0.308. The zero-order chi connectivity index (χ0) is 15.7. The third kappa shape index (κ3) is 3.41. The van der Waals surface area contributed by atoms with Crippen molar-refractivity contribution in [3.05, 3.63) is 0 Å². The van der Waals surface area contributed by atoms with Crippen molar-refractivity contribution in [2.24, 2.45) is 0 Å². The normalized spacial score (nSPS) is 31.7. The smallest absolute Gasteiger partial charge is 0.108 e. The Balaban J connectivity index is 1.96. The molecule has 0 aliphatic heterocycles. The molecule has 4 heteroatoms. The van der Waals surface area contributed by atoms with Crippen LogP contribution in [0.3, 0.4) is 0 Å². The fourth-order valence-electron chi connectivity index (χ4n) is 4.14. The number of hydrogen-bond acceptors (Lipinski definition) is 4. The number of nitrogens with zero attached hydrogens (tertiary/aromatic N) is 3. The summed E-state index contributed by atoms with van der Waals surface area (Å²) in [6.07, 6.45) is 7.05. The highest BCUT2D eigenvalue weighted by Crippen LogP contribution is 2.39. The van der Waals surface area contributed by atoms with Crippen LogP contribution in [-0.4, -0.2) is 60.6 Å². The molecule has 0 spiro atoms. The predicted octanol–water partition coefficient (Wildman–Crippen LogP) is 2.22. The second kappa shape index (κ2) is 6.24. The van der Waals surface area contributed by atoms with Crippen LogP contribution < -0.4 is 5.32 Å². The van der Waals surface area contributed by atoms with Gasteiger partial charge in [-0.2, -0.15) is 5.26 Å². The Morgan fingerprint density at radius 3 is 2.33 bits per heavy atom. The lowest BCUT2D eigenvalue weighted by Gasteiger charge is -2.50. The molecule has 0 aromatic heterocycles. The Hall–Kier alpha value is -0.630. The lowest BCUT2D eigenvalue weighted by Crippen LogP contribution is -2.58. The molecule has 2 aliphatic rings. The maximum atomic E-state index is 9.60. The van der Waals surface area contributed by atoms with Crippen molar-refractivity contribution < 1.29 is 0 Å². The first-order valence-corrected chi connectivity index (χ1v) is 8.39. The first kappa shape index (κ1) is 16.7. The molecular weight excluding hydrogens is 260 g/mol. The summed E-state index contributed by atoms with van der Waals surface area (Å²) in [6.45, 7) is 5.39. The van der Waals surface area contributed by atoms with Crippen molar-refractivity contribution in [1.29, 1.82) is 5.26 Å². The number of nitrogens with one attached hydrogen (secondary N) is 1. The van der Waals surface area contributed by atoms with Crippen molar-refractivity contribution in [2.75, 3.05) is 27.7 Å². The van der Waals surface area contributed by atoms with Crippen molar-refractivity contribution in [1.82, 2.24) is 15.1 Å². The first-order valence-electron chi connectivity index (χ1n) is 8.39. The van der Waals surface area contributed by atoms with Crippen LogP contribution >= 0.6 is 0 Å². The number of hydrogen-bond donors (Lipinski definition) is 1. The summed E-state index contributed by atoms with van der Waals surface area (Å²) >= 11 is 0. The van der Waals surface area contributed by atoms with Crippen molar-refractivity contribution in [3.8, 4) is 6.07 Å². The molecule has 4 nitrogen and oxygen atoms in total. The topological polar surface area (TPSA) is 42.3 Å². The molecule has 2 aliphatic carbocycles. The van der Waals surface area contributed by atoms with E-state index in [2.05, 4.69) is 56.2 Å². The van der Waals surface area contributed by atoms with E-state index < -0.39 is 0 Å². The Bertz CT molecular complexity index is 394. The zero-order valence-electron chi connectivity index (χ0n) is 14.4. The van der Waals surface area contributed by atoms with Crippen LogP contribution in [0.1, 0.15) is 52.4 Å². The van der Waals surface area contributed by atoms with Crippen LogP contribution in [0, 0.1) is 11.3 Å². The Labute approximate surface area is 130 Å². The predicted molar refractivity (Wildman–Crippen MR) is 87.2 cm³/mol. The largest absolute Gasteiger partial charge is 0.302 e. The summed E-state index contributed by atoms with van der Waals surface area (Å²) in [5.41, 5.74) is 0.0656. The average molecular weight is 292 g/mol. The lowest BCUT2D eigenvalue weighted by atomic mass is 9.75. The second-order valence-electron chi connectivity index (χ2n) is 7.78. The number of nitriles is 1. The van der Waals surface area contributed by atoms with E-state index in [-0.39, 0.29) is 5.54 Å².